The highest BCUT2D eigenvalue weighted by Gasteiger charge is 2.37. The average Bonchev–Trinajstić information content (AvgIpc) is 3.21. The second-order valence-electron chi connectivity index (χ2n) is 6.48. The predicted molar refractivity (Wildman–Crippen MR) is 118 cm³/mol. The minimum Gasteiger partial charge on any atom is -0.494 e. The molecule has 0 bridgehead atoms. The molecule has 0 saturated carbocycles. The molecule has 9 heteroatoms. The van der Waals surface area contributed by atoms with Gasteiger partial charge >= 0.3 is 0 Å². The SMILES string of the molecule is COc1ccccc1N1N=CC2C(=O)N=C(SCC(=O)NCc3ccccc3)N=C21. The Labute approximate surface area is 177 Å². The number of carbonyl (C=O) groups is 2. The number of methoxy groups -OCH3 is 1. The number of amides is 2. The van der Waals surface area contributed by atoms with Crippen LogP contribution < -0.4 is 15.1 Å². The summed E-state index contributed by atoms with van der Waals surface area (Å²) in [7, 11) is 1.57. The third-order valence-corrected chi connectivity index (χ3v) is 5.33. The van der Waals surface area contributed by atoms with Gasteiger partial charge in [-0.25, -0.2) is 10.0 Å². The number of rotatable bonds is 6. The topological polar surface area (TPSA) is 95.7 Å². The smallest absolute Gasteiger partial charge is 0.264 e. The second-order valence-corrected chi connectivity index (χ2v) is 7.42. The van der Waals surface area contributed by atoms with E-state index in [1.165, 1.54) is 6.21 Å². The van der Waals surface area contributed by atoms with Gasteiger partial charge in [-0.05, 0) is 17.7 Å². The van der Waals surface area contributed by atoms with Crippen molar-refractivity contribution in [3.8, 4) is 5.75 Å². The monoisotopic (exact) mass is 421 g/mol. The van der Waals surface area contributed by atoms with Gasteiger partial charge in [0.15, 0.2) is 11.0 Å². The molecular formula is C21H19N5O3S. The molecule has 1 unspecified atom stereocenters. The number of para-hydroxylation sites is 2. The highest BCUT2D eigenvalue weighted by molar-refractivity contribution is 8.14. The molecule has 1 atom stereocenters. The van der Waals surface area contributed by atoms with Crippen LogP contribution >= 0.6 is 11.8 Å². The minimum atomic E-state index is -0.633. The number of nitrogens with one attached hydrogen (secondary N) is 1. The number of carbonyl (C=O) groups excluding carboxylic acids is 2. The lowest BCUT2D eigenvalue weighted by Crippen LogP contribution is -2.34. The van der Waals surface area contributed by atoms with Crippen LogP contribution in [0.3, 0.4) is 0 Å². The Bertz CT molecular complexity index is 1050. The van der Waals surface area contributed by atoms with Crippen LogP contribution in [0.25, 0.3) is 0 Å². The highest BCUT2D eigenvalue weighted by Crippen LogP contribution is 2.33. The van der Waals surface area contributed by atoms with Gasteiger partial charge in [0.25, 0.3) is 5.91 Å². The van der Waals surface area contributed by atoms with E-state index in [9.17, 15) is 9.59 Å². The van der Waals surface area contributed by atoms with Crippen molar-refractivity contribution < 1.29 is 14.3 Å². The van der Waals surface area contributed by atoms with Gasteiger partial charge in [0.2, 0.25) is 5.91 Å². The number of hydrogen-bond acceptors (Lipinski definition) is 7. The van der Waals surface area contributed by atoms with Gasteiger partial charge in [-0.1, -0.05) is 54.2 Å². The lowest BCUT2D eigenvalue weighted by atomic mass is 10.1. The molecule has 2 aliphatic heterocycles. The first-order valence-corrected chi connectivity index (χ1v) is 10.3. The van der Waals surface area contributed by atoms with Crippen LogP contribution in [0.1, 0.15) is 5.56 Å². The molecule has 1 N–H and O–H groups in total. The molecule has 152 valence electrons. The number of anilines is 1. The number of nitrogens with zero attached hydrogens (tertiary/aromatic N) is 4. The fraction of sp³-hybridized carbons (Fsp3) is 0.190. The summed E-state index contributed by atoms with van der Waals surface area (Å²) in [5.74, 6) is 0.0230. The Morgan fingerprint density at radius 2 is 1.90 bits per heavy atom. The number of thioether (sulfide) groups is 1. The summed E-state index contributed by atoms with van der Waals surface area (Å²) >= 11 is 1.12. The van der Waals surface area contributed by atoms with E-state index in [4.69, 9.17) is 4.74 Å². The highest BCUT2D eigenvalue weighted by atomic mass is 32.2. The van der Waals surface area contributed by atoms with Crippen molar-refractivity contribution in [3.63, 3.8) is 0 Å². The summed E-state index contributed by atoms with van der Waals surface area (Å²) in [5.41, 5.74) is 1.69. The maximum Gasteiger partial charge on any atom is 0.264 e. The van der Waals surface area contributed by atoms with Crippen LogP contribution in [0.4, 0.5) is 5.69 Å². The Morgan fingerprint density at radius 3 is 2.70 bits per heavy atom. The fourth-order valence-electron chi connectivity index (χ4n) is 3.00. The third kappa shape index (κ3) is 4.25. The number of ether oxygens (including phenoxy) is 1. The molecule has 0 aliphatic carbocycles. The molecule has 0 radical (unpaired) electrons. The summed E-state index contributed by atoms with van der Waals surface area (Å²) in [5, 5.41) is 8.98. The van der Waals surface area contributed by atoms with Crippen LogP contribution in [-0.2, 0) is 16.1 Å². The van der Waals surface area contributed by atoms with Crippen LogP contribution in [0.15, 0.2) is 69.7 Å². The number of aliphatic imine (C=N–C) groups is 2. The molecule has 4 rings (SSSR count). The molecule has 0 saturated heterocycles. The van der Waals surface area contributed by atoms with Gasteiger partial charge < -0.3 is 10.1 Å². The molecule has 2 aromatic rings. The lowest BCUT2D eigenvalue weighted by Gasteiger charge is -2.21. The normalized spacial score (nSPS) is 17.3. The Hall–Kier alpha value is -3.46. The van der Waals surface area contributed by atoms with Crippen molar-refractivity contribution in [1.29, 1.82) is 0 Å². The molecular weight excluding hydrogens is 402 g/mol. The first-order chi connectivity index (χ1) is 14.7. The molecule has 2 aromatic carbocycles. The van der Waals surface area contributed by atoms with Gasteiger partial charge in [-0.3, -0.25) is 9.59 Å². The second kappa shape index (κ2) is 8.91. The molecule has 8 nitrogen and oxygen atoms in total. The fourth-order valence-corrected chi connectivity index (χ4v) is 3.68. The Balaban J connectivity index is 1.42. The first-order valence-electron chi connectivity index (χ1n) is 9.27. The average molecular weight is 421 g/mol. The van der Waals surface area contributed by atoms with E-state index in [0.717, 1.165) is 17.3 Å². The summed E-state index contributed by atoms with van der Waals surface area (Å²) in [4.78, 5) is 33.1. The molecule has 0 spiro atoms. The summed E-state index contributed by atoms with van der Waals surface area (Å²) in [6, 6.07) is 17.0. The van der Waals surface area contributed by atoms with Gasteiger partial charge in [0.05, 0.1) is 12.9 Å². The summed E-state index contributed by atoms with van der Waals surface area (Å²) in [6.07, 6.45) is 1.52. The van der Waals surface area contributed by atoms with Crippen molar-refractivity contribution in [3.05, 3.63) is 60.2 Å². The van der Waals surface area contributed by atoms with E-state index in [0.29, 0.717) is 23.8 Å². The number of benzene rings is 2. The molecule has 2 aliphatic rings. The van der Waals surface area contributed by atoms with E-state index in [2.05, 4.69) is 20.4 Å². The first kappa shape index (κ1) is 19.8. The molecule has 0 fully saturated rings. The zero-order valence-electron chi connectivity index (χ0n) is 16.2. The number of hydrazone groups is 1. The van der Waals surface area contributed by atoms with E-state index < -0.39 is 5.92 Å². The predicted octanol–water partition coefficient (Wildman–Crippen LogP) is 2.46. The lowest BCUT2D eigenvalue weighted by molar-refractivity contribution is -0.119. The zero-order chi connectivity index (χ0) is 20.9. The van der Waals surface area contributed by atoms with Gasteiger partial charge in [-0.2, -0.15) is 10.1 Å². The van der Waals surface area contributed by atoms with Crippen LogP contribution in [0.2, 0.25) is 0 Å². The summed E-state index contributed by atoms with van der Waals surface area (Å²) in [6.45, 7) is 0.442. The van der Waals surface area contributed by atoms with E-state index in [-0.39, 0.29) is 22.7 Å². The van der Waals surface area contributed by atoms with Crippen LogP contribution in [0, 0.1) is 5.92 Å². The van der Waals surface area contributed by atoms with Crippen molar-refractivity contribution in [1.82, 2.24) is 5.32 Å². The van der Waals surface area contributed by atoms with Crippen LogP contribution in [-0.4, -0.2) is 41.9 Å². The number of amidine groups is 2. The Kier molecular flexibility index (Phi) is 5.89. The zero-order valence-corrected chi connectivity index (χ0v) is 17.0. The van der Waals surface area contributed by atoms with Gasteiger partial charge in [0, 0.05) is 12.8 Å². The van der Waals surface area contributed by atoms with Crippen molar-refractivity contribution in [2.24, 2.45) is 21.0 Å². The largest absolute Gasteiger partial charge is 0.494 e. The van der Waals surface area contributed by atoms with Gasteiger partial charge in [0.1, 0.15) is 17.4 Å². The minimum absolute atomic E-state index is 0.107. The van der Waals surface area contributed by atoms with E-state index in [1.807, 2.05) is 54.6 Å². The maximum absolute atomic E-state index is 12.4. The van der Waals surface area contributed by atoms with Crippen molar-refractivity contribution in [2.45, 2.75) is 6.54 Å². The van der Waals surface area contributed by atoms with Crippen molar-refractivity contribution in [2.75, 3.05) is 17.9 Å². The number of fused-ring (bicyclic) bond motifs is 1. The quantitative estimate of drug-likeness (QED) is 0.773. The Morgan fingerprint density at radius 1 is 1.13 bits per heavy atom. The summed E-state index contributed by atoms with van der Waals surface area (Å²) < 4.78 is 5.39. The van der Waals surface area contributed by atoms with Gasteiger partial charge in [-0.15, -0.1) is 0 Å². The molecule has 2 heterocycles. The molecule has 0 aromatic heterocycles. The van der Waals surface area contributed by atoms with Crippen molar-refractivity contribution >= 4 is 46.5 Å². The number of hydrogen-bond donors (Lipinski definition) is 1. The maximum atomic E-state index is 12.4. The molecule has 2 amide bonds. The molecule has 30 heavy (non-hydrogen) atoms. The van der Waals surface area contributed by atoms with E-state index in [1.54, 1.807) is 12.1 Å². The van der Waals surface area contributed by atoms with Crippen LogP contribution in [0.5, 0.6) is 5.75 Å². The third-order valence-electron chi connectivity index (χ3n) is 4.49. The standard InChI is InChI=1S/C21H19N5O3S/c1-29-17-10-6-5-9-16(17)26-19-15(12-23-26)20(28)25-21(24-19)30-13-18(27)22-11-14-7-3-2-4-8-14/h2-10,12,15H,11,13H2,1H3,(H,22,27). The van der Waals surface area contributed by atoms with E-state index >= 15 is 0 Å².